The third kappa shape index (κ3) is 2.91. The zero-order valence-corrected chi connectivity index (χ0v) is 12.4. The summed E-state index contributed by atoms with van der Waals surface area (Å²) in [5.41, 5.74) is 1.40. The first-order valence-electron chi connectivity index (χ1n) is 8.31. The highest BCUT2D eigenvalue weighted by molar-refractivity contribution is 5.21. The van der Waals surface area contributed by atoms with Crippen molar-refractivity contribution in [3.05, 3.63) is 35.9 Å². The molecule has 0 amide bonds. The molecule has 0 bridgehead atoms. The topological polar surface area (TPSA) is 23.5 Å². The average molecular weight is 273 g/mol. The van der Waals surface area contributed by atoms with Crippen molar-refractivity contribution in [2.75, 3.05) is 13.2 Å². The fourth-order valence-corrected chi connectivity index (χ4v) is 4.23. The summed E-state index contributed by atoms with van der Waals surface area (Å²) in [5.74, 6) is 0.410. The van der Waals surface area contributed by atoms with Crippen LogP contribution in [-0.4, -0.2) is 29.2 Å². The molecule has 2 unspecified atom stereocenters. The van der Waals surface area contributed by atoms with Gasteiger partial charge >= 0.3 is 0 Å². The van der Waals surface area contributed by atoms with Crippen molar-refractivity contribution in [2.45, 2.75) is 57.0 Å². The van der Waals surface area contributed by atoms with Crippen LogP contribution in [0.1, 0.15) is 56.6 Å². The lowest BCUT2D eigenvalue weighted by atomic mass is 9.82. The van der Waals surface area contributed by atoms with E-state index in [0.717, 1.165) is 6.04 Å². The minimum Gasteiger partial charge on any atom is -0.396 e. The molecule has 1 saturated carbocycles. The molecular weight excluding hydrogens is 246 g/mol. The van der Waals surface area contributed by atoms with Gasteiger partial charge in [0.05, 0.1) is 0 Å². The van der Waals surface area contributed by atoms with E-state index in [4.69, 9.17) is 0 Å². The Balaban J connectivity index is 1.85. The standard InChI is InChI=1S/C18H27NO/c20-14-16-10-7-13-19(17-11-5-2-6-12-17)18(16)15-8-3-1-4-9-15/h1,3-4,8-9,16-18,20H,2,5-7,10-14H2. The molecule has 2 heteroatoms. The molecule has 2 atom stereocenters. The monoisotopic (exact) mass is 273 g/mol. The second-order valence-electron chi connectivity index (χ2n) is 6.47. The number of benzene rings is 1. The predicted octanol–water partition coefficient (Wildman–Crippen LogP) is 3.76. The normalized spacial score (nSPS) is 29.4. The molecule has 1 N–H and O–H groups in total. The van der Waals surface area contributed by atoms with Gasteiger partial charge in [0.15, 0.2) is 0 Å². The number of piperidine rings is 1. The Morgan fingerprint density at radius 1 is 0.950 bits per heavy atom. The maximum atomic E-state index is 9.81. The first-order valence-corrected chi connectivity index (χ1v) is 8.31. The smallest absolute Gasteiger partial charge is 0.0477 e. The molecule has 0 aromatic heterocycles. The molecule has 2 aliphatic rings. The van der Waals surface area contributed by atoms with E-state index >= 15 is 0 Å². The number of hydrogen-bond acceptors (Lipinski definition) is 2. The minimum absolute atomic E-state index is 0.322. The van der Waals surface area contributed by atoms with Crippen molar-refractivity contribution in [1.29, 1.82) is 0 Å². The van der Waals surface area contributed by atoms with E-state index in [0.29, 0.717) is 18.6 Å². The summed E-state index contributed by atoms with van der Waals surface area (Å²) >= 11 is 0. The maximum Gasteiger partial charge on any atom is 0.0477 e. The highest BCUT2D eigenvalue weighted by atomic mass is 16.3. The van der Waals surface area contributed by atoms with Crippen LogP contribution in [0, 0.1) is 5.92 Å². The van der Waals surface area contributed by atoms with E-state index in [2.05, 4.69) is 35.2 Å². The molecule has 20 heavy (non-hydrogen) atoms. The van der Waals surface area contributed by atoms with E-state index in [-0.39, 0.29) is 0 Å². The van der Waals surface area contributed by atoms with Crippen LogP contribution < -0.4 is 0 Å². The SMILES string of the molecule is OCC1CCCN(C2CCCCC2)C1c1ccccc1. The summed E-state index contributed by atoms with van der Waals surface area (Å²) in [5, 5.41) is 9.81. The van der Waals surface area contributed by atoms with Crippen LogP contribution in [0.15, 0.2) is 30.3 Å². The van der Waals surface area contributed by atoms with Gasteiger partial charge in [-0.1, -0.05) is 49.6 Å². The summed E-state index contributed by atoms with van der Waals surface area (Å²) in [6.45, 7) is 1.53. The number of aliphatic hydroxyl groups excluding tert-OH is 1. The van der Waals surface area contributed by atoms with Gasteiger partial charge in [-0.3, -0.25) is 4.90 Å². The molecular formula is C18H27NO. The largest absolute Gasteiger partial charge is 0.396 e. The summed E-state index contributed by atoms with van der Waals surface area (Å²) in [6.07, 6.45) is 9.27. The molecule has 0 spiro atoms. The second kappa shape index (κ2) is 6.73. The summed E-state index contributed by atoms with van der Waals surface area (Å²) in [6, 6.07) is 12.0. The lowest BCUT2D eigenvalue weighted by Gasteiger charge is -2.46. The molecule has 1 aromatic rings. The zero-order valence-electron chi connectivity index (χ0n) is 12.4. The number of rotatable bonds is 3. The van der Waals surface area contributed by atoms with E-state index in [1.165, 1.54) is 57.1 Å². The van der Waals surface area contributed by atoms with Gasteiger partial charge in [-0.15, -0.1) is 0 Å². The molecule has 2 nitrogen and oxygen atoms in total. The van der Waals surface area contributed by atoms with Crippen LogP contribution in [0.3, 0.4) is 0 Å². The minimum atomic E-state index is 0.322. The summed E-state index contributed by atoms with van der Waals surface area (Å²) in [4.78, 5) is 2.72. The van der Waals surface area contributed by atoms with Crippen molar-refractivity contribution >= 4 is 0 Å². The zero-order chi connectivity index (χ0) is 13.8. The number of nitrogens with zero attached hydrogens (tertiary/aromatic N) is 1. The Hall–Kier alpha value is -0.860. The molecule has 0 radical (unpaired) electrons. The van der Waals surface area contributed by atoms with E-state index in [9.17, 15) is 5.11 Å². The molecule has 1 heterocycles. The Morgan fingerprint density at radius 2 is 1.70 bits per heavy atom. The number of hydrogen-bond donors (Lipinski definition) is 1. The highest BCUT2D eigenvalue weighted by Crippen LogP contribution is 2.39. The van der Waals surface area contributed by atoms with Crippen molar-refractivity contribution in [3.8, 4) is 0 Å². The van der Waals surface area contributed by atoms with Gasteiger partial charge in [-0.05, 0) is 37.8 Å². The van der Waals surface area contributed by atoms with Crippen LogP contribution in [0.4, 0.5) is 0 Å². The second-order valence-corrected chi connectivity index (χ2v) is 6.47. The fourth-order valence-electron chi connectivity index (χ4n) is 4.23. The van der Waals surface area contributed by atoms with Gasteiger partial charge < -0.3 is 5.11 Å². The maximum absolute atomic E-state index is 9.81. The van der Waals surface area contributed by atoms with Crippen LogP contribution in [0.25, 0.3) is 0 Å². The van der Waals surface area contributed by atoms with E-state index < -0.39 is 0 Å². The summed E-state index contributed by atoms with van der Waals surface area (Å²) < 4.78 is 0. The average Bonchev–Trinajstić information content (AvgIpc) is 2.55. The van der Waals surface area contributed by atoms with Crippen LogP contribution in [0.2, 0.25) is 0 Å². The van der Waals surface area contributed by atoms with Gasteiger partial charge in [-0.2, -0.15) is 0 Å². The molecule has 2 fully saturated rings. The van der Waals surface area contributed by atoms with Gasteiger partial charge in [0, 0.05) is 24.6 Å². The lowest BCUT2D eigenvalue weighted by Crippen LogP contribution is -2.46. The van der Waals surface area contributed by atoms with Crippen molar-refractivity contribution in [3.63, 3.8) is 0 Å². The third-order valence-corrected chi connectivity index (χ3v) is 5.21. The van der Waals surface area contributed by atoms with Gasteiger partial charge in [0.25, 0.3) is 0 Å². The van der Waals surface area contributed by atoms with Gasteiger partial charge in [0.2, 0.25) is 0 Å². The molecule has 1 aromatic carbocycles. The molecule has 1 aliphatic heterocycles. The number of aliphatic hydroxyl groups is 1. The molecule has 1 aliphatic carbocycles. The Morgan fingerprint density at radius 3 is 2.40 bits per heavy atom. The van der Waals surface area contributed by atoms with Gasteiger partial charge in [0.1, 0.15) is 0 Å². The fraction of sp³-hybridized carbons (Fsp3) is 0.667. The quantitative estimate of drug-likeness (QED) is 0.906. The Kier molecular flexibility index (Phi) is 4.74. The predicted molar refractivity (Wildman–Crippen MR) is 82.6 cm³/mol. The van der Waals surface area contributed by atoms with Crippen LogP contribution in [0.5, 0.6) is 0 Å². The van der Waals surface area contributed by atoms with E-state index in [1.807, 2.05) is 0 Å². The molecule has 3 rings (SSSR count). The van der Waals surface area contributed by atoms with E-state index in [1.54, 1.807) is 0 Å². The first-order chi connectivity index (χ1) is 9.90. The van der Waals surface area contributed by atoms with Crippen molar-refractivity contribution < 1.29 is 5.11 Å². The Bertz CT molecular complexity index is 399. The third-order valence-electron chi connectivity index (χ3n) is 5.21. The highest BCUT2D eigenvalue weighted by Gasteiger charge is 2.36. The van der Waals surface area contributed by atoms with Crippen molar-refractivity contribution in [1.82, 2.24) is 4.90 Å². The summed E-state index contributed by atoms with van der Waals surface area (Å²) in [7, 11) is 0. The van der Waals surface area contributed by atoms with Crippen LogP contribution in [-0.2, 0) is 0 Å². The molecule has 110 valence electrons. The van der Waals surface area contributed by atoms with Gasteiger partial charge in [-0.25, -0.2) is 0 Å². The van der Waals surface area contributed by atoms with Crippen LogP contribution >= 0.6 is 0 Å². The molecule has 1 saturated heterocycles. The number of likely N-dealkylation sites (tertiary alicyclic amines) is 1. The lowest BCUT2D eigenvalue weighted by molar-refractivity contribution is 0.0119. The first kappa shape index (κ1) is 14.1. The Labute approximate surface area is 122 Å². The van der Waals surface area contributed by atoms with Crippen molar-refractivity contribution in [2.24, 2.45) is 5.92 Å².